The summed E-state index contributed by atoms with van der Waals surface area (Å²) in [5.41, 5.74) is 2.45. The zero-order chi connectivity index (χ0) is 14.0. The molecule has 2 unspecified atom stereocenters. The molecule has 0 aliphatic carbocycles. The lowest BCUT2D eigenvalue weighted by Gasteiger charge is -2.38. The molecule has 1 aromatic rings. The molecule has 0 aromatic carbocycles. The minimum atomic E-state index is 0.578. The van der Waals surface area contributed by atoms with Crippen molar-refractivity contribution < 1.29 is 0 Å². The third kappa shape index (κ3) is 3.20. The van der Waals surface area contributed by atoms with Gasteiger partial charge in [-0.25, -0.2) is 0 Å². The van der Waals surface area contributed by atoms with E-state index in [1.165, 1.54) is 16.6 Å². The van der Waals surface area contributed by atoms with Crippen molar-refractivity contribution in [2.45, 2.75) is 52.2 Å². The van der Waals surface area contributed by atoms with Crippen LogP contribution in [0.2, 0.25) is 0 Å². The Hall–Kier alpha value is -0.390. The van der Waals surface area contributed by atoms with Gasteiger partial charge in [0.2, 0.25) is 0 Å². The summed E-state index contributed by atoms with van der Waals surface area (Å²) >= 11 is 3.72. The number of halogens is 1. The number of hydrogen-bond acceptors (Lipinski definition) is 3. The van der Waals surface area contributed by atoms with Gasteiger partial charge in [-0.05, 0) is 35.7 Å². The van der Waals surface area contributed by atoms with Crippen molar-refractivity contribution in [3.05, 3.63) is 15.9 Å². The molecule has 2 rings (SSSR count). The van der Waals surface area contributed by atoms with Crippen LogP contribution in [0.5, 0.6) is 0 Å². The lowest BCUT2D eigenvalue weighted by molar-refractivity contribution is 0.128. The molecular weight excluding hydrogens is 304 g/mol. The Morgan fingerprint density at radius 3 is 2.74 bits per heavy atom. The first-order valence-electron chi connectivity index (χ1n) is 7.24. The van der Waals surface area contributed by atoms with Crippen LogP contribution < -0.4 is 5.32 Å². The van der Waals surface area contributed by atoms with E-state index in [0.29, 0.717) is 12.1 Å². The molecule has 1 saturated heterocycles. The second-order valence-corrected chi connectivity index (χ2v) is 6.27. The summed E-state index contributed by atoms with van der Waals surface area (Å²) in [5.74, 6) is 0. The third-order valence-electron chi connectivity index (χ3n) is 4.13. The first kappa shape index (κ1) is 15.0. The van der Waals surface area contributed by atoms with Crippen LogP contribution in [0.3, 0.4) is 0 Å². The predicted molar refractivity (Wildman–Crippen MR) is 82.2 cm³/mol. The Balaban J connectivity index is 2.13. The minimum Gasteiger partial charge on any atom is -0.311 e. The highest BCUT2D eigenvalue weighted by Crippen LogP contribution is 2.24. The number of nitrogens with zero attached hydrogens (tertiary/aromatic N) is 3. The molecule has 108 valence electrons. The van der Waals surface area contributed by atoms with Gasteiger partial charge in [0.05, 0.1) is 15.9 Å². The number of aryl methyl sites for hydroxylation is 2. The molecule has 0 radical (unpaired) electrons. The fourth-order valence-corrected chi connectivity index (χ4v) is 3.41. The first-order chi connectivity index (χ1) is 9.06. The van der Waals surface area contributed by atoms with Crippen molar-refractivity contribution in [2.75, 3.05) is 13.1 Å². The molecule has 0 bridgehead atoms. The molecule has 1 fully saturated rings. The van der Waals surface area contributed by atoms with Gasteiger partial charge in [-0.15, -0.1) is 0 Å². The molecule has 0 saturated carbocycles. The summed E-state index contributed by atoms with van der Waals surface area (Å²) in [6.45, 7) is 9.87. The van der Waals surface area contributed by atoms with Gasteiger partial charge in [0.1, 0.15) is 0 Å². The Bertz CT molecular complexity index is 429. The highest BCUT2D eigenvalue weighted by molar-refractivity contribution is 9.10. The smallest absolute Gasteiger partial charge is 0.0767 e. The van der Waals surface area contributed by atoms with Gasteiger partial charge in [-0.2, -0.15) is 5.10 Å². The fourth-order valence-electron chi connectivity index (χ4n) is 2.67. The van der Waals surface area contributed by atoms with Gasteiger partial charge in [0, 0.05) is 38.8 Å². The number of aromatic nitrogens is 2. The van der Waals surface area contributed by atoms with E-state index in [1.807, 2.05) is 11.7 Å². The molecule has 0 spiro atoms. The normalized spacial score (nSPS) is 24.9. The monoisotopic (exact) mass is 328 g/mol. The van der Waals surface area contributed by atoms with Crippen LogP contribution >= 0.6 is 15.9 Å². The van der Waals surface area contributed by atoms with E-state index >= 15 is 0 Å². The maximum absolute atomic E-state index is 4.59. The number of hydrogen-bond donors (Lipinski definition) is 1. The van der Waals surface area contributed by atoms with Crippen LogP contribution in [0.4, 0.5) is 0 Å². The van der Waals surface area contributed by atoms with E-state index in [4.69, 9.17) is 0 Å². The van der Waals surface area contributed by atoms with Crippen molar-refractivity contribution in [1.29, 1.82) is 0 Å². The van der Waals surface area contributed by atoms with E-state index < -0.39 is 0 Å². The standard InChI is InChI=1S/C14H25BrN4/c1-5-11-8-19(10(3)7-16-11)9-13-14(15)12(6-2)17-18(13)4/h10-11,16H,5-9H2,1-4H3. The quantitative estimate of drug-likeness (QED) is 0.920. The molecule has 2 atom stereocenters. The molecule has 1 aliphatic heterocycles. The maximum atomic E-state index is 4.59. The average molecular weight is 329 g/mol. The van der Waals surface area contributed by atoms with E-state index in [1.54, 1.807) is 0 Å². The Kier molecular flexibility index (Phi) is 5.03. The number of nitrogens with one attached hydrogen (secondary N) is 1. The van der Waals surface area contributed by atoms with Crippen LogP contribution in [0.1, 0.15) is 38.6 Å². The summed E-state index contributed by atoms with van der Waals surface area (Å²) < 4.78 is 3.22. The van der Waals surface area contributed by atoms with Crippen LogP contribution in [-0.4, -0.2) is 39.9 Å². The van der Waals surface area contributed by atoms with Gasteiger partial charge < -0.3 is 5.32 Å². The summed E-state index contributed by atoms with van der Waals surface area (Å²) in [7, 11) is 2.05. The highest BCUT2D eigenvalue weighted by Gasteiger charge is 2.26. The maximum Gasteiger partial charge on any atom is 0.0767 e. The summed E-state index contributed by atoms with van der Waals surface area (Å²) in [4.78, 5) is 2.56. The fraction of sp³-hybridized carbons (Fsp3) is 0.786. The zero-order valence-corrected chi connectivity index (χ0v) is 14.0. The average Bonchev–Trinajstić information content (AvgIpc) is 2.68. The van der Waals surface area contributed by atoms with Gasteiger partial charge in [0.15, 0.2) is 0 Å². The zero-order valence-electron chi connectivity index (χ0n) is 12.4. The highest BCUT2D eigenvalue weighted by atomic mass is 79.9. The number of rotatable bonds is 4. The van der Waals surface area contributed by atoms with Crippen molar-refractivity contribution in [1.82, 2.24) is 20.0 Å². The van der Waals surface area contributed by atoms with E-state index in [2.05, 4.69) is 52.0 Å². The molecule has 1 aliphatic rings. The van der Waals surface area contributed by atoms with Gasteiger partial charge in [-0.1, -0.05) is 13.8 Å². The van der Waals surface area contributed by atoms with Crippen LogP contribution in [0.25, 0.3) is 0 Å². The second kappa shape index (κ2) is 6.37. The molecule has 1 aromatic heterocycles. The van der Waals surface area contributed by atoms with E-state index in [9.17, 15) is 0 Å². The van der Waals surface area contributed by atoms with E-state index in [0.717, 1.165) is 31.7 Å². The molecule has 4 nitrogen and oxygen atoms in total. The van der Waals surface area contributed by atoms with Crippen molar-refractivity contribution in [3.8, 4) is 0 Å². The van der Waals surface area contributed by atoms with Gasteiger partial charge in [0.25, 0.3) is 0 Å². The number of piperazine rings is 1. The summed E-state index contributed by atoms with van der Waals surface area (Å²) in [6.07, 6.45) is 2.17. The minimum absolute atomic E-state index is 0.578. The lowest BCUT2D eigenvalue weighted by Crippen LogP contribution is -2.54. The first-order valence-corrected chi connectivity index (χ1v) is 8.03. The summed E-state index contributed by atoms with van der Waals surface area (Å²) in [5, 5.41) is 8.19. The topological polar surface area (TPSA) is 33.1 Å². The SMILES string of the molecule is CCc1nn(C)c(CN2CC(CC)NCC2C)c1Br. The van der Waals surface area contributed by atoms with Crippen molar-refractivity contribution >= 4 is 15.9 Å². The van der Waals surface area contributed by atoms with E-state index in [-0.39, 0.29) is 0 Å². The summed E-state index contributed by atoms with van der Waals surface area (Å²) in [6, 6.07) is 1.20. The van der Waals surface area contributed by atoms with Crippen LogP contribution in [0, 0.1) is 0 Å². The Morgan fingerprint density at radius 1 is 1.42 bits per heavy atom. The molecule has 2 heterocycles. The molecule has 19 heavy (non-hydrogen) atoms. The second-order valence-electron chi connectivity index (χ2n) is 5.48. The van der Waals surface area contributed by atoms with Gasteiger partial charge >= 0.3 is 0 Å². The third-order valence-corrected chi connectivity index (χ3v) is 5.04. The van der Waals surface area contributed by atoms with Crippen LogP contribution in [-0.2, 0) is 20.0 Å². The Labute approximate surface area is 124 Å². The molecule has 0 amide bonds. The van der Waals surface area contributed by atoms with Gasteiger partial charge in [-0.3, -0.25) is 9.58 Å². The molecule has 1 N–H and O–H groups in total. The molecular formula is C14H25BrN4. The van der Waals surface area contributed by atoms with Crippen molar-refractivity contribution in [3.63, 3.8) is 0 Å². The molecule has 5 heteroatoms. The predicted octanol–water partition coefficient (Wildman–Crippen LogP) is 2.32. The van der Waals surface area contributed by atoms with Crippen LogP contribution in [0.15, 0.2) is 4.47 Å². The largest absolute Gasteiger partial charge is 0.311 e. The van der Waals surface area contributed by atoms with Crippen molar-refractivity contribution in [2.24, 2.45) is 7.05 Å². The Morgan fingerprint density at radius 2 is 2.16 bits per heavy atom. The lowest BCUT2D eigenvalue weighted by atomic mass is 10.1.